The van der Waals surface area contributed by atoms with Crippen LogP contribution in [-0.2, 0) is 0 Å². The molecule has 0 bridgehead atoms. The molecule has 0 unspecified atom stereocenters. The van der Waals surface area contributed by atoms with Gasteiger partial charge >= 0.3 is 0 Å². The molecule has 1 fully saturated rings. The Labute approximate surface area is 156 Å². The summed E-state index contributed by atoms with van der Waals surface area (Å²) in [7, 11) is 0. The van der Waals surface area contributed by atoms with Gasteiger partial charge in [0.2, 0.25) is 10.1 Å². The molecule has 1 aliphatic rings. The van der Waals surface area contributed by atoms with Gasteiger partial charge in [-0.3, -0.25) is 9.59 Å². The van der Waals surface area contributed by atoms with Gasteiger partial charge in [0.25, 0.3) is 11.5 Å². The molecule has 134 valence electrons. The average molecular weight is 394 g/mol. The van der Waals surface area contributed by atoms with Crippen molar-refractivity contribution in [3.05, 3.63) is 57.2 Å². The van der Waals surface area contributed by atoms with Crippen LogP contribution in [0.15, 0.2) is 35.3 Å². The second kappa shape index (κ2) is 6.65. The van der Waals surface area contributed by atoms with E-state index in [1.165, 1.54) is 46.3 Å². The molecule has 3 heterocycles. The molecular weight excluding hydrogens is 381 g/mol. The fourth-order valence-corrected chi connectivity index (χ4v) is 3.89. The summed E-state index contributed by atoms with van der Waals surface area (Å²) in [6.07, 6.45) is 1.45. The number of nitrogens with zero attached hydrogens (tertiary/aromatic N) is 5. The zero-order valence-electron chi connectivity index (χ0n) is 13.4. The van der Waals surface area contributed by atoms with Crippen LogP contribution in [-0.4, -0.2) is 51.6 Å². The van der Waals surface area contributed by atoms with Crippen molar-refractivity contribution in [2.75, 3.05) is 31.1 Å². The number of carbonyl (C=O) groups is 1. The molecule has 26 heavy (non-hydrogen) atoms. The molecule has 0 N–H and O–H groups in total. The fourth-order valence-electron chi connectivity index (χ4n) is 2.79. The van der Waals surface area contributed by atoms with E-state index >= 15 is 0 Å². The molecule has 1 aromatic carbocycles. The number of hydrogen-bond donors (Lipinski definition) is 0. The third-order valence-electron chi connectivity index (χ3n) is 4.16. The number of aromatic nitrogens is 3. The van der Waals surface area contributed by atoms with E-state index in [0.717, 1.165) is 0 Å². The monoisotopic (exact) mass is 393 g/mol. The highest BCUT2D eigenvalue weighted by atomic mass is 35.5. The number of benzene rings is 1. The predicted molar refractivity (Wildman–Crippen MR) is 96.7 cm³/mol. The van der Waals surface area contributed by atoms with Crippen molar-refractivity contribution in [2.24, 2.45) is 0 Å². The molecule has 1 amide bonds. The van der Waals surface area contributed by atoms with E-state index in [1.54, 1.807) is 4.90 Å². The lowest BCUT2D eigenvalue weighted by Gasteiger charge is -2.34. The highest BCUT2D eigenvalue weighted by Crippen LogP contribution is 2.23. The van der Waals surface area contributed by atoms with Gasteiger partial charge < -0.3 is 9.80 Å². The number of amides is 1. The first-order valence-electron chi connectivity index (χ1n) is 7.87. The molecule has 0 radical (unpaired) electrons. The molecule has 4 rings (SSSR count). The Hall–Kier alpha value is -2.52. The van der Waals surface area contributed by atoms with Crippen LogP contribution in [0.4, 0.5) is 9.52 Å². The normalized spacial score (nSPS) is 14.8. The summed E-state index contributed by atoms with van der Waals surface area (Å²) in [5, 5.41) is 5.28. The highest BCUT2D eigenvalue weighted by Gasteiger charge is 2.26. The Bertz CT molecular complexity index is 1040. The lowest BCUT2D eigenvalue weighted by Crippen LogP contribution is -2.49. The van der Waals surface area contributed by atoms with Crippen LogP contribution in [0.25, 0.3) is 4.96 Å². The first kappa shape index (κ1) is 16.9. The van der Waals surface area contributed by atoms with Crippen molar-refractivity contribution in [2.45, 2.75) is 0 Å². The summed E-state index contributed by atoms with van der Waals surface area (Å²) < 4.78 is 15.2. The second-order valence-corrected chi connectivity index (χ2v) is 7.14. The molecular formula is C16H13ClFN5O2S. The first-order valence-corrected chi connectivity index (χ1v) is 9.06. The van der Waals surface area contributed by atoms with Gasteiger partial charge in [-0.1, -0.05) is 22.9 Å². The van der Waals surface area contributed by atoms with Crippen molar-refractivity contribution < 1.29 is 9.18 Å². The van der Waals surface area contributed by atoms with Crippen LogP contribution in [0.5, 0.6) is 0 Å². The van der Waals surface area contributed by atoms with Gasteiger partial charge in [-0.15, -0.1) is 5.10 Å². The van der Waals surface area contributed by atoms with Crippen LogP contribution in [0, 0.1) is 5.82 Å². The number of anilines is 1. The minimum atomic E-state index is -0.585. The summed E-state index contributed by atoms with van der Waals surface area (Å²) in [6, 6.07) is 5.30. The Kier molecular flexibility index (Phi) is 4.33. The molecule has 10 heteroatoms. The van der Waals surface area contributed by atoms with Crippen molar-refractivity contribution in [3.63, 3.8) is 0 Å². The van der Waals surface area contributed by atoms with E-state index in [4.69, 9.17) is 11.6 Å². The number of piperazine rings is 1. The standard InChI is InChI=1S/C16H13ClFN5O2S/c17-10-1-2-12(18)11(9-10)14(25)21-5-7-22(8-6-21)16-20-23-13(24)3-4-19-15(23)26-16/h1-4,9H,5-8H2. The summed E-state index contributed by atoms with van der Waals surface area (Å²) >= 11 is 7.18. The van der Waals surface area contributed by atoms with E-state index in [9.17, 15) is 14.0 Å². The van der Waals surface area contributed by atoms with Crippen molar-refractivity contribution in [1.29, 1.82) is 0 Å². The number of halogens is 2. The van der Waals surface area contributed by atoms with E-state index in [2.05, 4.69) is 10.1 Å². The molecule has 1 aliphatic heterocycles. The number of carbonyl (C=O) groups excluding carboxylic acids is 1. The van der Waals surface area contributed by atoms with Gasteiger partial charge in [0, 0.05) is 43.5 Å². The van der Waals surface area contributed by atoms with Gasteiger partial charge in [0.15, 0.2) is 0 Å². The van der Waals surface area contributed by atoms with E-state index < -0.39 is 5.82 Å². The zero-order chi connectivity index (χ0) is 18.3. The topological polar surface area (TPSA) is 70.8 Å². The van der Waals surface area contributed by atoms with Gasteiger partial charge in [0.1, 0.15) is 5.82 Å². The lowest BCUT2D eigenvalue weighted by atomic mass is 10.1. The van der Waals surface area contributed by atoms with Crippen molar-refractivity contribution in [1.82, 2.24) is 19.5 Å². The van der Waals surface area contributed by atoms with Gasteiger partial charge in [-0.05, 0) is 18.2 Å². The van der Waals surface area contributed by atoms with Crippen LogP contribution < -0.4 is 10.5 Å². The largest absolute Gasteiger partial charge is 0.343 e. The second-order valence-electron chi connectivity index (χ2n) is 5.77. The van der Waals surface area contributed by atoms with E-state index in [-0.39, 0.29) is 17.0 Å². The highest BCUT2D eigenvalue weighted by molar-refractivity contribution is 7.20. The Morgan fingerprint density at radius 1 is 1.19 bits per heavy atom. The van der Waals surface area contributed by atoms with Gasteiger partial charge in [-0.25, -0.2) is 9.37 Å². The zero-order valence-corrected chi connectivity index (χ0v) is 15.0. The molecule has 0 aliphatic carbocycles. The maximum atomic E-state index is 13.9. The van der Waals surface area contributed by atoms with Crippen LogP contribution in [0.3, 0.4) is 0 Å². The maximum Gasteiger partial charge on any atom is 0.275 e. The van der Waals surface area contributed by atoms with E-state index in [0.29, 0.717) is 41.3 Å². The molecule has 7 nitrogen and oxygen atoms in total. The minimum absolute atomic E-state index is 0.0262. The number of hydrogen-bond acceptors (Lipinski definition) is 6. The first-order chi connectivity index (χ1) is 12.5. The Morgan fingerprint density at radius 3 is 2.69 bits per heavy atom. The van der Waals surface area contributed by atoms with E-state index in [1.807, 2.05) is 4.90 Å². The maximum absolute atomic E-state index is 13.9. The third kappa shape index (κ3) is 3.04. The van der Waals surface area contributed by atoms with Crippen LogP contribution in [0.2, 0.25) is 5.02 Å². The van der Waals surface area contributed by atoms with Gasteiger partial charge in [-0.2, -0.15) is 4.52 Å². The smallest absolute Gasteiger partial charge is 0.275 e. The molecule has 0 saturated carbocycles. The third-order valence-corrected chi connectivity index (χ3v) is 5.37. The van der Waals surface area contributed by atoms with Crippen LogP contribution >= 0.6 is 22.9 Å². The summed E-state index contributed by atoms with van der Waals surface area (Å²) in [4.78, 5) is 32.5. The van der Waals surface area contributed by atoms with Gasteiger partial charge in [0.05, 0.1) is 5.56 Å². The summed E-state index contributed by atoms with van der Waals surface area (Å²) in [6.45, 7) is 1.90. The predicted octanol–water partition coefficient (Wildman–Crippen LogP) is 1.91. The van der Waals surface area contributed by atoms with Crippen molar-refractivity contribution >= 4 is 38.9 Å². The molecule has 0 atom stereocenters. The number of rotatable bonds is 2. The summed E-state index contributed by atoms with van der Waals surface area (Å²) in [5.41, 5.74) is -0.260. The molecule has 3 aromatic rings. The Morgan fingerprint density at radius 2 is 1.96 bits per heavy atom. The van der Waals surface area contributed by atoms with Crippen molar-refractivity contribution in [3.8, 4) is 0 Å². The lowest BCUT2D eigenvalue weighted by molar-refractivity contribution is 0.0742. The fraction of sp³-hybridized carbons (Fsp3) is 0.250. The summed E-state index contributed by atoms with van der Waals surface area (Å²) in [5.74, 6) is -0.967. The SMILES string of the molecule is O=C(c1cc(Cl)ccc1F)N1CCN(c2nn3c(=O)ccnc3s2)CC1. The molecule has 1 saturated heterocycles. The molecule has 0 spiro atoms. The molecule has 2 aromatic heterocycles. The average Bonchev–Trinajstić information content (AvgIpc) is 3.09. The van der Waals surface area contributed by atoms with Crippen LogP contribution in [0.1, 0.15) is 10.4 Å². The Balaban J connectivity index is 1.49. The minimum Gasteiger partial charge on any atom is -0.343 e. The number of fused-ring (bicyclic) bond motifs is 1. The quantitative estimate of drug-likeness (QED) is 0.665.